The molecule has 1 aromatic heterocycles. The molecule has 2 aromatic rings. The number of rotatable bonds is 2. The third-order valence-corrected chi connectivity index (χ3v) is 3.24. The Kier molecular flexibility index (Phi) is 5.78. The van der Waals surface area contributed by atoms with Crippen LogP contribution in [0.1, 0.15) is 47.1 Å². The van der Waals surface area contributed by atoms with E-state index in [0.717, 1.165) is 4.90 Å². The third kappa shape index (κ3) is 5.58. The van der Waals surface area contributed by atoms with E-state index in [-0.39, 0.29) is 5.69 Å². The second-order valence-electron chi connectivity index (χ2n) is 8.10. The molecule has 0 radical (unpaired) electrons. The average molecular weight is 384 g/mol. The van der Waals surface area contributed by atoms with Gasteiger partial charge in [-0.3, -0.25) is 0 Å². The number of nitriles is 1. The van der Waals surface area contributed by atoms with Crippen LogP contribution in [0.5, 0.6) is 0 Å². The van der Waals surface area contributed by atoms with Crippen LogP contribution in [0.2, 0.25) is 0 Å². The fraction of sp³-hybridized carbons (Fsp3) is 0.400. The number of nitrogens with zero attached hydrogens (tertiary/aromatic N) is 4. The van der Waals surface area contributed by atoms with Gasteiger partial charge in [0, 0.05) is 0 Å². The number of aromatic nitrogens is 2. The van der Waals surface area contributed by atoms with E-state index < -0.39 is 23.4 Å². The minimum atomic E-state index is -0.860. The summed E-state index contributed by atoms with van der Waals surface area (Å²) in [5.74, 6) is 0. The minimum Gasteiger partial charge on any atom is -0.443 e. The number of amides is 2. The van der Waals surface area contributed by atoms with Crippen molar-refractivity contribution in [2.75, 3.05) is 4.90 Å². The summed E-state index contributed by atoms with van der Waals surface area (Å²) in [5.41, 5.74) is -0.201. The van der Waals surface area contributed by atoms with E-state index in [0.29, 0.717) is 11.3 Å². The van der Waals surface area contributed by atoms with Crippen LogP contribution in [-0.4, -0.2) is 33.2 Å². The zero-order chi connectivity index (χ0) is 21.1. The lowest BCUT2D eigenvalue weighted by Crippen LogP contribution is -2.43. The molecule has 148 valence electrons. The highest BCUT2D eigenvalue weighted by Gasteiger charge is 2.33. The monoisotopic (exact) mass is 384 g/mol. The van der Waals surface area contributed by atoms with Gasteiger partial charge in [0.1, 0.15) is 11.2 Å². The molecule has 0 aliphatic heterocycles. The van der Waals surface area contributed by atoms with Crippen molar-refractivity contribution < 1.29 is 19.1 Å². The van der Waals surface area contributed by atoms with Crippen molar-refractivity contribution in [3.05, 3.63) is 42.2 Å². The molecule has 0 aliphatic carbocycles. The van der Waals surface area contributed by atoms with Crippen LogP contribution in [-0.2, 0) is 9.47 Å². The van der Waals surface area contributed by atoms with E-state index in [1.807, 2.05) is 6.07 Å². The molecule has 0 saturated heterocycles. The maximum absolute atomic E-state index is 12.6. The van der Waals surface area contributed by atoms with Crippen molar-refractivity contribution >= 4 is 17.9 Å². The lowest BCUT2D eigenvalue weighted by Gasteiger charge is -2.27. The van der Waals surface area contributed by atoms with Gasteiger partial charge in [-0.25, -0.2) is 14.3 Å². The van der Waals surface area contributed by atoms with E-state index in [1.165, 1.54) is 17.1 Å². The molecule has 2 amide bonds. The first-order valence-corrected chi connectivity index (χ1v) is 8.71. The molecule has 8 heteroatoms. The Hall–Kier alpha value is -3.34. The molecular formula is C20H24N4O4. The van der Waals surface area contributed by atoms with E-state index in [2.05, 4.69) is 5.10 Å². The van der Waals surface area contributed by atoms with Gasteiger partial charge in [0.15, 0.2) is 0 Å². The highest BCUT2D eigenvalue weighted by atomic mass is 16.6. The largest absolute Gasteiger partial charge is 0.443 e. The minimum absolute atomic E-state index is 0.202. The Morgan fingerprint density at radius 3 is 1.93 bits per heavy atom. The molecule has 0 fully saturated rings. The highest BCUT2D eigenvalue weighted by molar-refractivity contribution is 6.09. The number of carbonyl (C=O) groups excluding carboxylic acids is 2. The predicted molar refractivity (Wildman–Crippen MR) is 103 cm³/mol. The van der Waals surface area contributed by atoms with Gasteiger partial charge >= 0.3 is 12.2 Å². The molecule has 0 aliphatic rings. The molecule has 1 heterocycles. The number of hydrogen-bond acceptors (Lipinski definition) is 6. The molecular weight excluding hydrogens is 360 g/mol. The quantitative estimate of drug-likeness (QED) is 0.760. The summed E-state index contributed by atoms with van der Waals surface area (Å²) in [4.78, 5) is 26.1. The lowest BCUT2D eigenvalue weighted by molar-refractivity contribution is 0.0430. The fourth-order valence-electron chi connectivity index (χ4n) is 2.16. The summed E-state index contributed by atoms with van der Waals surface area (Å²) in [6, 6.07) is 8.76. The van der Waals surface area contributed by atoms with Gasteiger partial charge < -0.3 is 9.47 Å². The first kappa shape index (κ1) is 21.0. The number of benzene rings is 1. The van der Waals surface area contributed by atoms with Gasteiger partial charge in [-0.05, 0) is 65.8 Å². The second kappa shape index (κ2) is 7.72. The first-order valence-electron chi connectivity index (χ1n) is 8.71. The number of imide groups is 1. The number of ether oxygens (including phenoxy) is 2. The summed E-state index contributed by atoms with van der Waals surface area (Å²) in [6.07, 6.45) is 1.16. The topological polar surface area (TPSA) is 97.4 Å². The zero-order valence-electron chi connectivity index (χ0n) is 16.9. The standard InChI is InChI=1S/C20H24N4O4/c1-19(2,3)27-17(25)24(18(26)28-20(4,5)6)16-12-22-23(13-16)15-9-7-14(11-21)8-10-15/h7-10,12-13H,1-6H3. The number of carbonyl (C=O) groups is 2. The maximum Gasteiger partial charge on any atom is 0.424 e. The summed E-state index contributed by atoms with van der Waals surface area (Å²) >= 11 is 0. The van der Waals surface area contributed by atoms with E-state index in [4.69, 9.17) is 14.7 Å². The van der Waals surface area contributed by atoms with Crippen LogP contribution >= 0.6 is 0 Å². The number of anilines is 1. The predicted octanol–water partition coefficient (Wildman–Crippen LogP) is 4.42. The summed E-state index contributed by atoms with van der Waals surface area (Å²) < 4.78 is 12.2. The van der Waals surface area contributed by atoms with Gasteiger partial charge in [-0.1, -0.05) is 0 Å². The van der Waals surface area contributed by atoms with Gasteiger partial charge in [-0.15, -0.1) is 0 Å². The van der Waals surface area contributed by atoms with Crippen molar-refractivity contribution in [1.82, 2.24) is 9.78 Å². The summed E-state index contributed by atoms with van der Waals surface area (Å²) in [6.45, 7) is 10.2. The van der Waals surface area contributed by atoms with Gasteiger partial charge in [0.25, 0.3) is 0 Å². The maximum atomic E-state index is 12.6. The van der Waals surface area contributed by atoms with E-state index in [1.54, 1.807) is 65.8 Å². The van der Waals surface area contributed by atoms with Crippen LogP contribution in [0.15, 0.2) is 36.7 Å². The van der Waals surface area contributed by atoms with Crippen molar-refractivity contribution in [3.8, 4) is 11.8 Å². The highest BCUT2D eigenvalue weighted by Crippen LogP contribution is 2.22. The molecule has 2 rings (SSSR count). The Balaban J connectivity index is 2.37. The van der Waals surface area contributed by atoms with E-state index >= 15 is 0 Å². The fourth-order valence-corrected chi connectivity index (χ4v) is 2.16. The molecule has 28 heavy (non-hydrogen) atoms. The number of hydrogen-bond donors (Lipinski definition) is 0. The van der Waals surface area contributed by atoms with Gasteiger partial charge in [0.2, 0.25) is 0 Å². The van der Waals surface area contributed by atoms with Crippen molar-refractivity contribution in [2.24, 2.45) is 0 Å². The molecule has 0 atom stereocenters. The third-order valence-electron chi connectivity index (χ3n) is 3.24. The van der Waals surface area contributed by atoms with Crippen molar-refractivity contribution in [1.29, 1.82) is 5.26 Å². The lowest BCUT2D eigenvalue weighted by atomic mass is 10.2. The van der Waals surface area contributed by atoms with Crippen LogP contribution in [0.3, 0.4) is 0 Å². The van der Waals surface area contributed by atoms with Crippen LogP contribution in [0.25, 0.3) is 5.69 Å². The first-order chi connectivity index (χ1) is 12.9. The SMILES string of the molecule is CC(C)(C)OC(=O)N(C(=O)OC(C)(C)C)c1cnn(-c2ccc(C#N)cc2)c1. The normalized spacial score (nSPS) is 11.5. The molecule has 8 nitrogen and oxygen atoms in total. The Bertz CT molecular complexity index is 868. The molecule has 0 N–H and O–H groups in total. The molecule has 0 bridgehead atoms. The Morgan fingerprint density at radius 1 is 1.00 bits per heavy atom. The molecule has 0 saturated carbocycles. The van der Waals surface area contributed by atoms with Crippen LogP contribution in [0.4, 0.5) is 15.3 Å². The van der Waals surface area contributed by atoms with E-state index in [9.17, 15) is 9.59 Å². The average Bonchev–Trinajstić information content (AvgIpc) is 3.01. The molecule has 0 spiro atoms. The van der Waals surface area contributed by atoms with Crippen molar-refractivity contribution in [3.63, 3.8) is 0 Å². The van der Waals surface area contributed by atoms with Crippen LogP contribution in [0, 0.1) is 11.3 Å². The second-order valence-corrected chi connectivity index (χ2v) is 8.10. The summed E-state index contributed by atoms with van der Waals surface area (Å²) in [7, 11) is 0. The summed E-state index contributed by atoms with van der Waals surface area (Å²) in [5, 5.41) is 13.1. The van der Waals surface area contributed by atoms with Crippen LogP contribution < -0.4 is 4.90 Å². The molecule has 1 aromatic carbocycles. The zero-order valence-corrected chi connectivity index (χ0v) is 16.9. The van der Waals surface area contributed by atoms with Gasteiger partial charge in [0.05, 0.1) is 35.4 Å². The smallest absolute Gasteiger partial charge is 0.424 e. The molecule has 0 unspecified atom stereocenters. The Morgan fingerprint density at radius 2 is 1.50 bits per heavy atom. The van der Waals surface area contributed by atoms with Gasteiger partial charge in [-0.2, -0.15) is 15.3 Å². The van der Waals surface area contributed by atoms with Crippen molar-refractivity contribution in [2.45, 2.75) is 52.7 Å². The Labute approximate surface area is 164 Å².